The molecule has 0 aliphatic rings. The molecule has 164 valence electrons. The van der Waals surface area contributed by atoms with Gasteiger partial charge in [-0.2, -0.15) is 0 Å². The third kappa shape index (κ3) is 19.6. The molecule has 0 amide bonds. The van der Waals surface area contributed by atoms with E-state index in [1.165, 1.54) is 0 Å². The van der Waals surface area contributed by atoms with Crippen LogP contribution in [0, 0.1) is 0 Å². The Bertz CT molecular complexity index is 484. The second kappa shape index (κ2) is 21.1. The Morgan fingerprint density at radius 3 is 1.55 bits per heavy atom. The van der Waals surface area contributed by atoms with E-state index in [4.69, 9.17) is 15.2 Å². The number of carbonyl (C=O) groups is 4. The van der Waals surface area contributed by atoms with E-state index in [1.807, 2.05) is 0 Å². The van der Waals surface area contributed by atoms with Crippen LogP contribution in [0.25, 0.3) is 0 Å². The Kier molecular flexibility index (Phi) is 22.6. The molecule has 0 fully saturated rings. The van der Waals surface area contributed by atoms with Gasteiger partial charge < -0.3 is 15.2 Å². The first kappa shape index (κ1) is 31.1. The minimum absolute atomic E-state index is 0. The molecule has 8 heteroatoms. The first-order valence-electron chi connectivity index (χ1n) is 10.6. The van der Waals surface area contributed by atoms with Crippen molar-refractivity contribution < 1.29 is 28.7 Å². The molecule has 0 heterocycles. The van der Waals surface area contributed by atoms with Gasteiger partial charge in [0, 0.05) is 19.3 Å². The summed E-state index contributed by atoms with van der Waals surface area (Å²) in [7, 11) is 0. The van der Waals surface area contributed by atoms with Crippen molar-refractivity contribution in [1.82, 2.24) is 0 Å². The summed E-state index contributed by atoms with van der Waals surface area (Å²) in [5, 5.41) is 0. The Labute approximate surface area is 217 Å². The fourth-order valence-corrected chi connectivity index (χ4v) is 2.60. The molecular formula is C21H38KNO6. The number of carbonyl (C=O) groups excluding carboxylic acids is 4. The van der Waals surface area contributed by atoms with E-state index in [9.17, 15) is 19.2 Å². The van der Waals surface area contributed by atoms with Gasteiger partial charge >= 0.3 is 75.3 Å². The van der Waals surface area contributed by atoms with Gasteiger partial charge in [0.25, 0.3) is 0 Å². The van der Waals surface area contributed by atoms with Crippen LogP contribution in [0.15, 0.2) is 0 Å². The molecule has 0 rings (SSSR count). The van der Waals surface area contributed by atoms with Crippen LogP contribution < -0.4 is 5.73 Å². The number of esters is 4. The van der Waals surface area contributed by atoms with E-state index in [1.54, 1.807) is 0 Å². The number of hydrogen-bond acceptors (Lipinski definition) is 7. The minimum atomic E-state index is -1.10. The van der Waals surface area contributed by atoms with E-state index in [0.717, 1.165) is 51.4 Å². The predicted octanol–water partition coefficient (Wildman–Crippen LogP) is 3.31. The van der Waals surface area contributed by atoms with E-state index >= 15 is 0 Å². The molecular weight excluding hydrogens is 401 g/mol. The second-order valence-corrected chi connectivity index (χ2v) is 7.11. The summed E-state index contributed by atoms with van der Waals surface area (Å²) in [4.78, 5) is 46.6. The van der Waals surface area contributed by atoms with Crippen LogP contribution in [0.2, 0.25) is 0 Å². The quantitative estimate of drug-likeness (QED) is 0.170. The molecule has 29 heavy (non-hydrogen) atoms. The fourth-order valence-electron chi connectivity index (χ4n) is 2.60. The summed E-state index contributed by atoms with van der Waals surface area (Å²) in [6.07, 6.45) is 9.99. The normalized spacial score (nSPS) is 11.3. The van der Waals surface area contributed by atoms with Crippen molar-refractivity contribution in [2.75, 3.05) is 0 Å². The van der Waals surface area contributed by atoms with Gasteiger partial charge in [0.2, 0.25) is 0 Å². The third-order valence-electron chi connectivity index (χ3n) is 4.37. The van der Waals surface area contributed by atoms with E-state index < -0.39 is 29.9 Å². The number of rotatable bonds is 16. The Hall–Kier alpha value is -0.124. The van der Waals surface area contributed by atoms with Gasteiger partial charge in [-0.25, -0.2) is 4.79 Å². The molecule has 0 aromatic heterocycles. The summed E-state index contributed by atoms with van der Waals surface area (Å²) in [5.74, 6) is -2.73. The van der Waals surface area contributed by atoms with E-state index in [-0.39, 0.29) is 77.1 Å². The maximum absolute atomic E-state index is 11.8. The standard InChI is InChI=1S/C21H37NO6.K.H/c1-3-5-7-9-11-13-18(23)27-20(25)16-15-17(22)21(26)28-19(24)14-12-10-8-6-4-2;;/h17H,3-16,22H2,1-2H3;;/t17-;;/m0../s1. The zero-order valence-corrected chi connectivity index (χ0v) is 17.5. The molecule has 0 unspecified atom stereocenters. The van der Waals surface area contributed by atoms with Crippen LogP contribution in [-0.2, 0) is 28.7 Å². The second-order valence-electron chi connectivity index (χ2n) is 7.11. The molecule has 7 nitrogen and oxygen atoms in total. The number of hydrogen-bond donors (Lipinski definition) is 1. The summed E-state index contributed by atoms with van der Waals surface area (Å²) < 4.78 is 9.40. The molecule has 0 spiro atoms. The molecule has 1 atom stereocenters. The third-order valence-corrected chi connectivity index (χ3v) is 4.37. The van der Waals surface area contributed by atoms with Gasteiger partial charge in [-0.3, -0.25) is 14.4 Å². The van der Waals surface area contributed by atoms with Crippen LogP contribution >= 0.6 is 0 Å². The summed E-state index contributed by atoms with van der Waals surface area (Å²) in [6.45, 7) is 4.21. The summed E-state index contributed by atoms with van der Waals surface area (Å²) >= 11 is 0. The van der Waals surface area contributed by atoms with Crippen molar-refractivity contribution in [3.63, 3.8) is 0 Å². The van der Waals surface area contributed by atoms with Gasteiger partial charge in [-0.15, -0.1) is 0 Å². The molecule has 0 aromatic carbocycles. The topological polar surface area (TPSA) is 113 Å². The first-order valence-corrected chi connectivity index (χ1v) is 10.6. The molecule has 0 saturated carbocycles. The van der Waals surface area contributed by atoms with Crippen LogP contribution in [0.1, 0.15) is 104 Å². The molecule has 2 N–H and O–H groups in total. The van der Waals surface area contributed by atoms with Crippen LogP contribution in [0.4, 0.5) is 0 Å². The number of ether oxygens (including phenoxy) is 2. The summed E-state index contributed by atoms with van der Waals surface area (Å²) in [5.41, 5.74) is 5.65. The van der Waals surface area contributed by atoms with E-state index in [2.05, 4.69) is 13.8 Å². The first-order chi connectivity index (χ1) is 13.4. The molecule has 0 radical (unpaired) electrons. The zero-order chi connectivity index (χ0) is 21.2. The van der Waals surface area contributed by atoms with Gasteiger partial charge in [0.05, 0.1) is 0 Å². The Morgan fingerprint density at radius 2 is 1.07 bits per heavy atom. The number of nitrogens with two attached hydrogens (primary N) is 1. The van der Waals surface area contributed by atoms with Gasteiger partial charge in [0.1, 0.15) is 6.04 Å². The van der Waals surface area contributed by atoms with Crippen molar-refractivity contribution in [3.8, 4) is 0 Å². The van der Waals surface area contributed by atoms with Gasteiger partial charge in [-0.05, 0) is 19.3 Å². The maximum atomic E-state index is 11.8. The summed E-state index contributed by atoms with van der Waals surface area (Å²) in [6, 6.07) is -1.10. The number of unbranched alkanes of at least 4 members (excludes halogenated alkanes) is 8. The SMILES string of the molecule is CCCCCCCC(=O)OC(=O)CC[C@H](N)C(=O)OC(=O)CCCCCCC.[KH]. The average Bonchev–Trinajstić information content (AvgIpc) is 2.65. The predicted molar refractivity (Wildman–Crippen MR) is 113 cm³/mol. The van der Waals surface area contributed by atoms with Crippen molar-refractivity contribution in [2.45, 2.75) is 110 Å². The van der Waals surface area contributed by atoms with Crippen LogP contribution in [0.3, 0.4) is 0 Å². The van der Waals surface area contributed by atoms with Crippen LogP contribution in [-0.4, -0.2) is 81.3 Å². The molecule has 0 aliphatic carbocycles. The molecule has 0 aromatic rings. The zero-order valence-electron chi connectivity index (χ0n) is 17.5. The monoisotopic (exact) mass is 439 g/mol. The Morgan fingerprint density at radius 1 is 0.655 bits per heavy atom. The van der Waals surface area contributed by atoms with Gasteiger partial charge in [-0.1, -0.05) is 65.2 Å². The van der Waals surface area contributed by atoms with Crippen molar-refractivity contribution in [1.29, 1.82) is 0 Å². The van der Waals surface area contributed by atoms with Gasteiger partial charge in [0.15, 0.2) is 0 Å². The Balaban J connectivity index is 0. The van der Waals surface area contributed by atoms with Crippen molar-refractivity contribution in [2.24, 2.45) is 5.73 Å². The molecule has 0 aliphatic heterocycles. The van der Waals surface area contributed by atoms with Crippen LogP contribution in [0.5, 0.6) is 0 Å². The van der Waals surface area contributed by atoms with E-state index in [0.29, 0.717) is 12.8 Å². The average molecular weight is 440 g/mol. The fraction of sp³-hybridized carbons (Fsp3) is 0.810. The molecule has 0 saturated heterocycles. The molecule has 0 bridgehead atoms. The van der Waals surface area contributed by atoms with Crippen molar-refractivity contribution in [3.05, 3.63) is 0 Å². The van der Waals surface area contributed by atoms with Crippen molar-refractivity contribution >= 4 is 75.3 Å².